The van der Waals surface area contributed by atoms with Gasteiger partial charge in [-0.05, 0) is 44.7 Å². The van der Waals surface area contributed by atoms with Gasteiger partial charge in [-0.1, -0.05) is 24.3 Å². The number of amides is 1. The Morgan fingerprint density at radius 3 is 2.96 bits per heavy atom. The van der Waals surface area contributed by atoms with Gasteiger partial charge in [0.1, 0.15) is 11.9 Å². The molecule has 1 aromatic heterocycles. The second-order valence-corrected chi connectivity index (χ2v) is 5.95. The van der Waals surface area contributed by atoms with E-state index in [0.29, 0.717) is 6.61 Å². The fourth-order valence-electron chi connectivity index (χ4n) is 2.90. The number of ether oxygens (including phenoxy) is 1. The van der Waals surface area contributed by atoms with E-state index in [2.05, 4.69) is 11.9 Å². The number of para-hydroxylation sites is 1. The molecule has 5 heteroatoms. The predicted octanol–water partition coefficient (Wildman–Crippen LogP) is 3.28. The molecule has 1 aliphatic rings. The predicted molar refractivity (Wildman–Crippen MR) is 94.4 cm³/mol. The molecule has 126 valence electrons. The van der Waals surface area contributed by atoms with Crippen LogP contribution in [0.4, 0.5) is 5.82 Å². The average Bonchev–Trinajstić information content (AvgIpc) is 3.18. The van der Waals surface area contributed by atoms with Crippen LogP contribution in [-0.2, 0) is 22.4 Å². The summed E-state index contributed by atoms with van der Waals surface area (Å²) in [6.07, 6.45) is 4.99. The maximum Gasteiger partial charge on any atom is 0.254 e. The zero-order chi connectivity index (χ0) is 16.9. The summed E-state index contributed by atoms with van der Waals surface area (Å²) in [5.74, 6) is 0.628. The van der Waals surface area contributed by atoms with Crippen molar-refractivity contribution in [3.05, 3.63) is 54.2 Å². The number of anilines is 1. The van der Waals surface area contributed by atoms with E-state index in [1.54, 1.807) is 13.0 Å². The highest BCUT2D eigenvalue weighted by molar-refractivity contribution is 5.94. The number of carbonyl (C=O) groups is 1. The molecule has 24 heavy (non-hydrogen) atoms. The lowest BCUT2D eigenvalue weighted by Gasteiger charge is -2.15. The first-order valence-electron chi connectivity index (χ1n) is 8.40. The second-order valence-electron chi connectivity index (χ2n) is 5.95. The van der Waals surface area contributed by atoms with Crippen molar-refractivity contribution in [2.24, 2.45) is 0 Å². The van der Waals surface area contributed by atoms with Crippen LogP contribution in [0.3, 0.4) is 0 Å². The lowest BCUT2D eigenvalue weighted by Crippen LogP contribution is -2.29. The molecule has 1 amide bonds. The van der Waals surface area contributed by atoms with Crippen LogP contribution in [0.15, 0.2) is 43.0 Å². The largest absolute Gasteiger partial charge is 0.368 e. The van der Waals surface area contributed by atoms with Crippen LogP contribution in [-0.4, -0.2) is 28.4 Å². The van der Waals surface area contributed by atoms with Gasteiger partial charge in [0.05, 0.1) is 18.0 Å². The highest BCUT2D eigenvalue weighted by Crippen LogP contribution is 2.31. The van der Waals surface area contributed by atoms with Gasteiger partial charge in [-0.3, -0.25) is 4.79 Å². The van der Waals surface area contributed by atoms with Gasteiger partial charge in [0.15, 0.2) is 0 Å². The Hall–Kier alpha value is -2.40. The van der Waals surface area contributed by atoms with Crippen LogP contribution in [0.5, 0.6) is 0 Å². The Balaban J connectivity index is 1.82. The Morgan fingerprint density at radius 1 is 1.42 bits per heavy atom. The minimum atomic E-state index is -0.513. The van der Waals surface area contributed by atoms with Crippen LogP contribution in [0.1, 0.15) is 31.0 Å². The van der Waals surface area contributed by atoms with Gasteiger partial charge in [0.2, 0.25) is 0 Å². The third kappa shape index (κ3) is 3.41. The van der Waals surface area contributed by atoms with E-state index < -0.39 is 6.10 Å². The van der Waals surface area contributed by atoms with E-state index in [1.165, 1.54) is 0 Å². The number of fused-ring (bicyclic) bond motifs is 1. The van der Waals surface area contributed by atoms with Crippen LogP contribution in [0, 0.1) is 0 Å². The molecule has 2 aromatic rings. The van der Waals surface area contributed by atoms with Crippen LogP contribution >= 0.6 is 0 Å². The van der Waals surface area contributed by atoms with Crippen molar-refractivity contribution in [2.45, 2.75) is 38.7 Å². The van der Waals surface area contributed by atoms with Crippen LogP contribution in [0.25, 0.3) is 5.69 Å². The summed E-state index contributed by atoms with van der Waals surface area (Å²) < 4.78 is 7.38. The Labute approximate surface area is 142 Å². The van der Waals surface area contributed by atoms with E-state index in [-0.39, 0.29) is 5.91 Å². The molecule has 1 atom stereocenters. The number of nitrogens with one attached hydrogen (secondary N) is 1. The molecule has 5 nitrogen and oxygen atoms in total. The van der Waals surface area contributed by atoms with E-state index in [1.807, 2.05) is 35.0 Å². The highest BCUT2D eigenvalue weighted by atomic mass is 16.5. The Morgan fingerprint density at radius 2 is 2.21 bits per heavy atom. The first kappa shape index (κ1) is 16.5. The van der Waals surface area contributed by atoms with Gasteiger partial charge in [0, 0.05) is 5.56 Å². The summed E-state index contributed by atoms with van der Waals surface area (Å²) >= 11 is 0. The molecule has 0 aliphatic heterocycles. The van der Waals surface area contributed by atoms with Crippen molar-refractivity contribution in [3.63, 3.8) is 0 Å². The smallest absolute Gasteiger partial charge is 0.254 e. The van der Waals surface area contributed by atoms with Crippen LogP contribution in [0.2, 0.25) is 0 Å². The molecule has 0 bridgehead atoms. The van der Waals surface area contributed by atoms with E-state index in [4.69, 9.17) is 9.84 Å². The molecule has 1 N–H and O–H groups in total. The Bertz CT molecular complexity index is 722. The van der Waals surface area contributed by atoms with Crippen molar-refractivity contribution in [1.82, 2.24) is 9.78 Å². The monoisotopic (exact) mass is 325 g/mol. The molecule has 1 aromatic carbocycles. The average molecular weight is 325 g/mol. The summed E-state index contributed by atoms with van der Waals surface area (Å²) in [5, 5.41) is 7.72. The molecule has 0 saturated heterocycles. The first-order chi connectivity index (χ1) is 11.7. The maximum absolute atomic E-state index is 12.5. The molecule has 1 heterocycles. The summed E-state index contributed by atoms with van der Waals surface area (Å²) in [4.78, 5) is 12.5. The Kier molecular flexibility index (Phi) is 5.11. The van der Waals surface area contributed by atoms with Gasteiger partial charge in [-0.25, -0.2) is 4.68 Å². The van der Waals surface area contributed by atoms with Crippen molar-refractivity contribution >= 4 is 11.7 Å². The number of carbonyl (C=O) groups excluding carboxylic acids is 1. The second kappa shape index (κ2) is 7.45. The normalized spacial score (nSPS) is 14.2. The van der Waals surface area contributed by atoms with E-state index >= 15 is 0 Å². The zero-order valence-electron chi connectivity index (χ0n) is 14.0. The van der Waals surface area contributed by atoms with Gasteiger partial charge in [0.25, 0.3) is 5.91 Å². The number of benzene rings is 1. The van der Waals surface area contributed by atoms with Gasteiger partial charge in [-0.15, -0.1) is 6.58 Å². The summed E-state index contributed by atoms with van der Waals surface area (Å²) in [5.41, 5.74) is 3.17. The minimum absolute atomic E-state index is 0.147. The summed E-state index contributed by atoms with van der Waals surface area (Å²) in [7, 11) is 0. The third-order valence-corrected chi connectivity index (χ3v) is 4.21. The molecule has 3 rings (SSSR count). The number of aryl methyl sites for hydroxylation is 1. The SMILES string of the molecule is C=CCCOC(C)C(=O)Nc1c2c(nn1-c1ccccc1)CCC2. The van der Waals surface area contributed by atoms with Gasteiger partial charge < -0.3 is 10.1 Å². The molecule has 1 aliphatic carbocycles. The quantitative estimate of drug-likeness (QED) is 0.628. The lowest BCUT2D eigenvalue weighted by atomic mass is 10.2. The van der Waals surface area contributed by atoms with Crippen molar-refractivity contribution < 1.29 is 9.53 Å². The first-order valence-corrected chi connectivity index (χ1v) is 8.40. The third-order valence-electron chi connectivity index (χ3n) is 4.21. The topological polar surface area (TPSA) is 56.1 Å². The standard InChI is InChI=1S/C19H23N3O2/c1-3-4-13-24-14(2)19(23)20-18-16-11-8-12-17(16)21-22(18)15-9-6-5-7-10-15/h3,5-7,9-10,14H,1,4,8,11-13H2,2H3,(H,20,23). The number of aromatic nitrogens is 2. The number of hydrogen-bond acceptors (Lipinski definition) is 3. The van der Waals surface area contributed by atoms with Gasteiger partial charge >= 0.3 is 0 Å². The number of hydrogen-bond donors (Lipinski definition) is 1. The van der Waals surface area contributed by atoms with Crippen molar-refractivity contribution in [2.75, 3.05) is 11.9 Å². The molecule has 0 radical (unpaired) electrons. The number of nitrogens with zero attached hydrogens (tertiary/aromatic N) is 2. The van der Waals surface area contributed by atoms with Crippen molar-refractivity contribution in [3.8, 4) is 5.69 Å². The molecule has 0 saturated carbocycles. The molecule has 0 fully saturated rings. The van der Waals surface area contributed by atoms with Crippen LogP contribution < -0.4 is 5.32 Å². The zero-order valence-corrected chi connectivity index (χ0v) is 14.0. The summed E-state index contributed by atoms with van der Waals surface area (Å²) in [6, 6.07) is 9.88. The number of rotatable bonds is 7. The fourth-order valence-corrected chi connectivity index (χ4v) is 2.90. The fraction of sp³-hybridized carbons (Fsp3) is 0.368. The van der Waals surface area contributed by atoms with Crippen molar-refractivity contribution in [1.29, 1.82) is 0 Å². The summed E-state index contributed by atoms with van der Waals surface area (Å²) in [6.45, 7) is 5.92. The molecule has 1 unspecified atom stereocenters. The highest BCUT2D eigenvalue weighted by Gasteiger charge is 2.25. The minimum Gasteiger partial charge on any atom is -0.368 e. The molecule has 0 spiro atoms. The molecular formula is C19H23N3O2. The van der Waals surface area contributed by atoms with E-state index in [9.17, 15) is 4.79 Å². The maximum atomic E-state index is 12.5. The van der Waals surface area contributed by atoms with Gasteiger partial charge in [-0.2, -0.15) is 5.10 Å². The van der Waals surface area contributed by atoms with E-state index in [0.717, 1.165) is 48.4 Å². The molecular weight excluding hydrogens is 302 g/mol. The lowest BCUT2D eigenvalue weighted by molar-refractivity contribution is -0.126.